The normalized spacial score (nSPS) is 20.1. The van der Waals surface area contributed by atoms with Crippen LogP contribution in [0.4, 0.5) is 0 Å². The fourth-order valence-corrected chi connectivity index (χ4v) is 8.78. The number of ether oxygens (including phenoxy) is 2. The summed E-state index contributed by atoms with van der Waals surface area (Å²) in [5.74, 6) is -0.187. The van der Waals surface area contributed by atoms with Crippen molar-refractivity contribution in [2.24, 2.45) is 0 Å². The van der Waals surface area contributed by atoms with Crippen LogP contribution in [0.5, 0.6) is 0 Å². The number of aliphatic hydroxyl groups is 5. The molecule has 0 aromatic rings. The van der Waals surface area contributed by atoms with Crippen LogP contribution in [0.25, 0.3) is 0 Å². The first kappa shape index (κ1) is 61.4. The molecule has 0 radical (unpaired) electrons. The third kappa shape index (κ3) is 36.1. The minimum Gasteiger partial charge on any atom is -0.394 e. The van der Waals surface area contributed by atoms with Gasteiger partial charge in [-0.15, -0.1) is 0 Å². The Morgan fingerprint density at radius 1 is 0.508 bits per heavy atom. The van der Waals surface area contributed by atoms with Crippen molar-refractivity contribution in [1.82, 2.24) is 5.32 Å². The van der Waals surface area contributed by atoms with Crippen LogP contribution >= 0.6 is 0 Å². The molecule has 6 N–H and O–H groups in total. The maximum atomic E-state index is 13.0. The SMILES string of the molecule is CCCCCCCCCCCCC/C=C/CC/C=C/CC/C=C/C(O)C(COC1OC(CO)C(O)C(O)C1O)NC(=O)CCCCCCCCCCCCCCCCCCCCCCC. The Bertz CT molecular complexity index is 1110. The van der Waals surface area contributed by atoms with Crippen LogP contribution in [0.1, 0.15) is 258 Å². The molecule has 7 atom stereocenters. The highest BCUT2D eigenvalue weighted by Gasteiger charge is 2.44. The molecule has 0 aromatic carbocycles. The molecule has 1 amide bonds. The number of rotatable bonds is 47. The maximum absolute atomic E-state index is 13.0. The fraction of sp³-hybridized carbons (Fsp3) is 0.875. The molecule has 9 nitrogen and oxygen atoms in total. The molecule has 1 heterocycles. The Hall–Kier alpha value is -1.59. The summed E-state index contributed by atoms with van der Waals surface area (Å²) in [6, 6.07) is -0.826. The smallest absolute Gasteiger partial charge is 0.220 e. The van der Waals surface area contributed by atoms with Gasteiger partial charge in [0.1, 0.15) is 24.4 Å². The van der Waals surface area contributed by atoms with Gasteiger partial charge in [-0.3, -0.25) is 4.79 Å². The molecular weight excluding hydrogens is 815 g/mol. The largest absolute Gasteiger partial charge is 0.394 e. The van der Waals surface area contributed by atoms with Crippen molar-refractivity contribution in [3.05, 3.63) is 36.5 Å². The lowest BCUT2D eigenvalue weighted by molar-refractivity contribution is -0.302. The van der Waals surface area contributed by atoms with Crippen molar-refractivity contribution >= 4 is 5.91 Å². The summed E-state index contributed by atoms with van der Waals surface area (Å²) in [5, 5.41) is 54.4. The van der Waals surface area contributed by atoms with Crippen LogP contribution in [0.3, 0.4) is 0 Å². The summed E-state index contributed by atoms with van der Waals surface area (Å²) in [5.41, 5.74) is 0. The van der Waals surface area contributed by atoms with E-state index in [0.717, 1.165) is 44.9 Å². The van der Waals surface area contributed by atoms with Gasteiger partial charge in [0.15, 0.2) is 6.29 Å². The van der Waals surface area contributed by atoms with E-state index >= 15 is 0 Å². The lowest BCUT2D eigenvalue weighted by Gasteiger charge is -2.40. The second-order valence-electron chi connectivity index (χ2n) is 19.4. The van der Waals surface area contributed by atoms with Crippen LogP contribution in [0, 0.1) is 0 Å². The average Bonchev–Trinajstić information content (AvgIpc) is 3.31. The van der Waals surface area contributed by atoms with E-state index in [4.69, 9.17) is 9.47 Å². The monoisotopic (exact) mass is 920 g/mol. The molecule has 0 saturated carbocycles. The second-order valence-corrected chi connectivity index (χ2v) is 19.4. The van der Waals surface area contributed by atoms with Gasteiger partial charge in [-0.2, -0.15) is 0 Å². The quantitative estimate of drug-likeness (QED) is 0.0261. The molecule has 382 valence electrons. The summed E-state index contributed by atoms with van der Waals surface area (Å²) in [4.78, 5) is 13.0. The van der Waals surface area contributed by atoms with Gasteiger partial charge in [0, 0.05) is 6.42 Å². The predicted molar refractivity (Wildman–Crippen MR) is 272 cm³/mol. The van der Waals surface area contributed by atoms with Crippen molar-refractivity contribution in [3.8, 4) is 0 Å². The van der Waals surface area contributed by atoms with E-state index in [1.807, 2.05) is 6.08 Å². The molecule has 0 aliphatic carbocycles. The van der Waals surface area contributed by atoms with Gasteiger partial charge in [-0.25, -0.2) is 0 Å². The lowest BCUT2D eigenvalue weighted by atomic mass is 9.99. The van der Waals surface area contributed by atoms with Gasteiger partial charge >= 0.3 is 0 Å². The van der Waals surface area contributed by atoms with E-state index in [1.54, 1.807) is 6.08 Å². The molecule has 0 bridgehead atoms. The number of unbranched alkanes of at least 4 members (excludes halogenated alkanes) is 33. The standard InChI is InChI=1S/C56H105NO8/c1-3-5-7-9-11-13-15-17-19-21-23-25-27-29-31-33-35-37-39-41-43-45-50(59)49(48-64-56-55(63)54(62)53(61)51(47-58)65-56)57-52(60)46-44-42-40-38-36-34-32-30-28-26-24-22-20-18-16-14-12-10-8-6-4-2/h27,29,35,37,43,45,49-51,53-56,58-59,61-63H,3-26,28,30-34,36,38-42,44,46-48H2,1-2H3,(H,57,60)/b29-27+,37-35+,45-43+. The number of carbonyl (C=O) groups excluding carboxylic acids is 1. The van der Waals surface area contributed by atoms with Crippen LogP contribution in [0.2, 0.25) is 0 Å². The predicted octanol–water partition coefficient (Wildman–Crippen LogP) is 13.2. The Labute approximate surface area is 400 Å². The average molecular weight is 920 g/mol. The molecule has 65 heavy (non-hydrogen) atoms. The molecule has 0 aromatic heterocycles. The zero-order valence-electron chi connectivity index (χ0n) is 42.3. The molecule has 1 aliphatic heterocycles. The van der Waals surface area contributed by atoms with Gasteiger partial charge in [-0.05, 0) is 44.9 Å². The van der Waals surface area contributed by atoms with Crippen molar-refractivity contribution in [2.75, 3.05) is 13.2 Å². The highest BCUT2D eigenvalue weighted by Crippen LogP contribution is 2.23. The third-order valence-corrected chi connectivity index (χ3v) is 13.2. The van der Waals surface area contributed by atoms with E-state index in [0.29, 0.717) is 6.42 Å². The van der Waals surface area contributed by atoms with Crippen molar-refractivity contribution in [1.29, 1.82) is 0 Å². The third-order valence-electron chi connectivity index (χ3n) is 13.2. The highest BCUT2D eigenvalue weighted by atomic mass is 16.7. The molecule has 1 fully saturated rings. The first-order valence-electron chi connectivity index (χ1n) is 27.7. The summed E-state index contributed by atoms with van der Waals surface area (Å²) < 4.78 is 11.2. The first-order chi connectivity index (χ1) is 31.8. The number of amides is 1. The Morgan fingerprint density at radius 3 is 1.29 bits per heavy atom. The Morgan fingerprint density at radius 2 is 0.877 bits per heavy atom. The van der Waals surface area contributed by atoms with E-state index in [2.05, 4.69) is 43.5 Å². The Kier molecular flexibility index (Phi) is 43.6. The van der Waals surface area contributed by atoms with E-state index in [1.165, 1.54) is 193 Å². The number of hydrogen-bond donors (Lipinski definition) is 6. The fourth-order valence-electron chi connectivity index (χ4n) is 8.78. The van der Waals surface area contributed by atoms with E-state index in [-0.39, 0.29) is 12.5 Å². The summed E-state index contributed by atoms with van der Waals surface area (Å²) in [6.45, 7) is 3.78. The summed E-state index contributed by atoms with van der Waals surface area (Å²) in [6.07, 6.45) is 52.0. The Balaban J connectivity index is 2.29. The van der Waals surface area contributed by atoms with E-state index in [9.17, 15) is 30.3 Å². The van der Waals surface area contributed by atoms with Gasteiger partial charge < -0.3 is 40.3 Å². The number of aliphatic hydroxyl groups excluding tert-OH is 5. The lowest BCUT2D eigenvalue weighted by Crippen LogP contribution is -2.60. The van der Waals surface area contributed by atoms with Gasteiger partial charge in [0.25, 0.3) is 0 Å². The first-order valence-corrected chi connectivity index (χ1v) is 27.7. The zero-order valence-corrected chi connectivity index (χ0v) is 42.3. The van der Waals surface area contributed by atoms with Gasteiger partial charge in [0.05, 0.1) is 25.4 Å². The van der Waals surface area contributed by atoms with E-state index < -0.39 is 49.5 Å². The maximum Gasteiger partial charge on any atom is 0.220 e. The molecule has 1 aliphatic rings. The minimum atomic E-state index is -1.57. The van der Waals surface area contributed by atoms with Crippen LogP contribution in [0.15, 0.2) is 36.5 Å². The van der Waals surface area contributed by atoms with Crippen molar-refractivity contribution in [3.63, 3.8) is 0 Å². The number of hydrogen-bond acceptors (Lipinski definition) is 8. The van der Waals surface area contributed by atoms with Gasteiger partial charge in [0.2, 0.25) is 5.91 Å². The molecular formula is C56H105NO8. The number of carbonyl (C=O) groups is 1. The highest BCUT2D eigenvalue weighted by molar-refractivity contribution is 5.76. The van der Waals surface area contributed by atoms with Crippen LogP contribution < -0.4 is 5.32 Å². The summed E-state index contributed by atoms with van der Waals surface area (Å²) >= 11 is 0. The molecule has 7 unspecified atom stereocenters. The topological polar surface area (TPSA) is 149 Å². The van der Waals surface area contributed by atoms with Crippen molar-refractivity contribution in [2.45, 2.75) is 301 Å². The minimum absolute atomic E-state index is 0.187. The molecule has 1 saturated heterocycles. The molecule has 9 heteroatoms. The van der Waals surface area contributed by atoms with Crippen molar-refractivity contribution < 1.29 is 39.8 Å². The van der Waals surface area contributed by atoms with Gasteiger partial charge in [-0.1, -0.05) is 243 Å². The van der Waals surface area contributed by atoms with Crippen LogP contribution in [-0.4, -0.2) is 87.5 Å². The second kappa shape index (κ2) is 46.2. The number of allylic oxidation sites excluding steroid dienone is 5. The summed E-state index contributed by atoms with van der Waals surface area (Å²) in [7, 11) is 0. The number of nitrogens with one attached hydrogen (secondary N) is 1. The van der Waals surface area contributed by atoms with Crippen LogP contribution in [-0.2, 0) is 14.3 Å². The zero-order chi connectivity index (χ0) is 47.3. The molecule has 0 spiro atoms. The molecule has 1 rings (SSSR count).